The summed E-state index contributed by atoms with van der Waals surface area (Å²) in [6.07, 6.45) is 1.10. The average molecular weight is 206 g/mol. The van der Waals surface area contributed by atoms with Gasteiger partial charge in [-0.3, -0.25) is 10.1 Å². The Morgan fingerprint density at radius 3 is 2.73 bits per heavy atom. The van der Waals surface area contributed by atoms with E-state index in [0.717, 1.165) is 12.0 Å². The second kappa shape index (κ2) is 3.53. The van der Waals surface area contributed by atoms with E-state index in [0.29, 0.717) is 17.6 Å². The molecule has 2 rings (SSSR count). The minimum Gasteiger partial charge on any atom is -0.376 e. The predicted molar refractivity (Wildman–Crippen MR) is 59.0 cm³/mol. The summed E-state index contributed by atoms with van der Waals surface area (Å²) in [6, 6.07) is 5.57. The molecular formula is C11H14N2O2. The van der Waals surface area contributed by atoms with Gasteiger partial charge in [0.25, 0.3) is 5.69 Å². The van der Waals surface area contributed by atoms with E-state index in [4.69, 9.17) is 0 Å². The Morgan fingerprint density at radius 1 is 1.53 bits per heavy atom. The predicted octanol–water partition coefficient (Wildman–Crippen LogP) is 2.72. The molecule has 0 radical (unpaired) electrons. The van der Waals surface area contributed by atoms with Crippen molar-refractivity contribution in [3.8, 4) is 0 Å². The van der Waals surface area contributed by atoms with Crippen LogP contribution in [0.15, 0.2) is 18.2 Å². The summed E-state index contributed by atoms with van der Waals surface area (Å²) >= 11 is 0. The number of hydrogen-bond donors (Lipinski definition) is 1. The molecule has 0 saturated heterocycles. The van der Waals surface area contributed by atoms with Gasteiger partial charge in [-0.25, -0.2) is 0 Å². The maximum atomic E-state index is 10.8. The van der Waals surface area contributed by atoms with Gasteiger partial charge in [-0.15, -0.1) is 0 Å². The SMILES string of the molecule is Cc1ccc([N+](=O)[O-])c(NC2CC2C)c1. The second-order valence-corrected chi connectivity index (χ2v) is 4.24. The molecule has 2 atom stereocenters. The number of rotatable bonds is 3. The van der Waals surface area contributed by atoms with Crippen LogP contribution in [0.1, 0.15) is 18.9 Å². The molecule has 1 saturated carbocycles. The lowest BCUT2D eigenvalue weighted by Gasteiger charge is -2.06. The molecule has 1 aliphatic carbocycles. The summed E-state index contributed by atoms with van der Waals surface area (Å²) in [5.74, 6) is 0.630. The third-order valence-corrected chi connectivity index (χ3v) is 2.80. The van der Waals surface area contributed by atoms with E-state index < -0.39 is 0 Å². The maximum Gasteiger partial charge on any atom is 0.292 e. The van der Waals surface area contributed by atoms with Crippen molar-refractivity contribution >= 4 is 11.4 Å². The van der Waals surface area contributed by atoms with Crippen molar-refractivity contribution in [1.82, 2.24) is 0 Å². The lowest BCUT2D eigenvalue weighted by molar-refractivity contribution is -0.384. The van der Waals surface area contributed by atoms with E-state index >= 15 is 0 Å². The number of nitrogens with one attached hydrogen (secondary N) is 1. The van der Waals surface area contributed by atoms with Crippen LogP contribution in [0.5, 0.6) is 0 Å². The summed E-state index contributed by atoms with van der Waals surface area (Å²) in [6.45, 7) is 4.07. The monoisotopic (exact) mass is 206 g/mol. The Bertz CT molecular complexity index is 404. The van der Waals surface area contributed by atoms with Crippen LogP contribution in [0.3, 0.4) is 0 Å². The molecule has 0 spiro atoms. The number of hydrogen-bond acceptors (Lipinski definition) is 3. The molecule has 80 valence electrons. The van der Waals surface area contributed by atoms with E-state index in [1.807, 2.05) is 13.0 Å². The molecule has 0 amide bonds. The van der Waals surface area contributed by atoms with Gasteiger partial charge in [0.05, 0.1) is 4.92 Å². The van der Waals surface area contributed by atoms with Gasteiger partial charge in [0, 0.05) is 12.1 Å². The highest BCUT2D eigenvalue weighted by molar-refractivity contribution is 5.63. The molecule has 1 aromatic rings. The highest BCUT2D eigenvalue weighted by Gasteiger charge is 2.33. The van der Waals surface area contributed by atoms with E-state index in [9.17, 15) is 10.1 Å². The number of nitrogens with zero attached hydrogens (tertiary/aromatic N) is 1. The highest BCUT2D eigenvalue weighted by Crippen LogP contribution is 2.35. The normalized spacial score (nSPS) is 23.6. The molecule has 15 heavy (non-hydrogen) atoms. The summed E-state index contributed by atoms with van der Waals surface area (Å²) in [4.78, 5) is 10.4. The lowest BCUT2D eigenvalue weighted by atomic mass is 10.2. The first-order valence-corrected chi connectivity index (χ1v) is 5.09. The summed E-state index contributed by atoms with van der Waals surface area (Å²) < 4.78 is 0. The van der Waals surface area contributed by atoms with Gasteiger partial charge in [-0.05, 0) is 30.9 Å². The Hall–Kier alpha value is -1.58. The van der Waals surface area contributed by atoms with Crippen LogP contribution in [0.2, 0.25) is 0 Å². The molecule has 0 aromatic heterocycles. The summed E-state index contributed by atoms with van der Waals surface area (Å²) in [7, 11) is 0. The fraction of sp³-hybridized carbons (Fsp3) is 0.455. The summed E-state index contributed by atoms with van der Waals surface area (Å²) in [5.41, 5.74) is 1.85. The molecule has 1 fully saturated rings. The third kappa shape index (κ3) is 2.09. The zero-order valence-corrected chi connectivity index (χ0v) is 8.86. The van der Waals surface area contributed by atoms with Crippen LogP contribution < -0.4 is 5.32 Å². The van der Waals surface area contributed by atoms with Crippen LogP contribution in [-0.4, -0.2) is 11.0 Å². The molecular weight excluding hydrogens is 192 g/mol. The zero-order valence-electron chi connectivity index (χ0n) is 8.86. The number of nitro benzene ring substituents is 1. The van der Waals surface area contributed by atoms with Crippen LogP contribution in [0.4, 0.5) is 11.4 Å². The van der Waals surface area contributed by atoms with Gasteiger partial charge in [0.1, 0.15) is 5.69 Å². The molecule has 4 nitrogen and oxygen atoms in total. The maximum absolute atomic E-state index is 10.8. The van der Waals surface area contributed by atoms with Crippen LogP contribution >= 0.6 is 0 Å². The number of anilines is 1. The number of nitro groups is 1. The second-order valence-electron chi connectivity index (χ2n) is 4.24. The minimum absolute atomic E-state index is 0.166. The topological polar surface area (TPSA) is 55.2 Å². The molecule has 0 aliphatic heterocycles. The molecule has 1 aromatic carbocycles. The minimum atomic E-state index is -0.338. The lowest BCUT2D eigenvalue weighted by Crippen LogP contribution is -2.06. The van der Waals surface area contributed by atoms with Crippen molar-refractivity contribution in [3.05, 3.63) is 33.9 Å². The van der Waals surface area contributed by atoms with Crippen LogP contribution in [-0.2, 0) is 0 Å². The highest BCUT2D eigenvalue weighted by atomic mass is 16.6. The van der Waals surface area contributed by atoms with Crippen molar-refractivity contribution in [2.45, 2.75) is 26.3 Å². The third-order valence-electron chi connectivity index (χ3n) is 2.80. The Balaban J connectivity index is 2.26. The van der Waals surface area contributed by atoms with Gasteiger partial charge in [-0.1, -0.05) is 13.0 Å². The number of aryl methyl sites for hydroxylation is 1. The van der Waals surface area contributed by atoms with Gasteiger partial charge in [0.2, 0.25) is 0 Å². The largest absolute Gasteiger partial charge is 0.376 e. The number of benzene rings is 1. The molecule has 1 aliphatic rings. The van der Waals surface area contributed by atoms with E-state index in [1.165, 1.54) is 0 Å². The fourth-order valence-corrected chi connectivity index (χ4v) is 1.65. The van der Waals surface area contributed by atoms with Crippen molar-refractivity contribution in [3.63, 3.8) is 0 Å². The van der Waals surface area contributed by atoms with Gasteiger partial charge in [0.15, 0.2) is 0 Å². The fourth-order valence-electron chi connectivity index (χ4n) is 1.65. The van der Waals surface area contributed by atoms with Crippen molar-refractivity contribution in [1.29, 1.82) is 0 Å². The summed E-state index contributed by atoms with van der Waals surface area (Å²) in [5, 5.41) is 14.0. The molecule has 2 unspecified atom stereocenters. The van der Waals surface area contributed by atoms with E-state index in [1.54, 1.807) is 12.1 Å². The van der Waals surface area contributed by atoms with E-state index in [2.05, 4.69) is 12.2 Å². The Kier molecular flexibility index (Phi) is 2.34. The van der Waals surface area contributed by atoms with Gasteiger partial charge < -0.3 is 5.32 Å². The van der Waals surface area contributed by atoms with Gasteiger partial charge >= 0.3 is 0 Å². The van der Waals surface area contributed by atoms with Crippen LogP contribution in [0.25, 0.3) is 0 Å². The molecule has 1 N–H and O–H groups in total. The first-order chi connectivity index (χ1) is 7.08. The first-order valence-electron chi connectivity index (χ1n) is 5.09. The molecule has 0 heterocycles. The smallest absolute Gasteiger partial charge is 0.292 e. The molecule has 4 heteroatoms. The van der Waals surface area contributed by atoms with Crippen molar-refractivity contribution in [2.24, 2.45) is 5.92 Å². The Morgan fingerprint density at radius 2 is 2.20 bits per heavy atom. The van der Waals surface area contributed by atoms with Crippen molar-refractivity contribution < 1.29 is 4.92 Å². The first kappa shape index (κ1) is 9.96. The van der Waals surface area contributed by atoms with Gasteiger partial charge in [-0.2, -0.15) is 0 Å². The van der Waals surface area contributed by atoms with E-state index in [-0.39, 0.29) is 10.6 Å². The average Bonchev–Trinajstić information content (AvgIpc) is 2.81. The van der Waals surface area contributed by atoms with Crippen LogP contribution in [0, 0.1) is 23.0 Å². The Labute approximate surface area is 88.5 Å². The van der Waals surface area contributed by atoms with Crippen molar-refractivity contribution in [2.75, 3.05) is 5.32 Å². The molecule has 0 bridgehead atoms. The standard InChI is InChI=1S/C11H14N2O2/c1-7-3-4-11(13(14)15)10(5-7)12-9-6-8(9)2/h3-5,8-9,12H,6H2,1-2H3. The zero-order chi connectivity index (χ0) is 11.0. The quantitative estimate of drug-likeness (QED) is 0.611.